The summed E-state index contributed by atoms with van der Waals surface area (Å²) in [6.45, 7) is 0.882. The minimum absolute atomic E-state index is 0.243. The molecule has 0 fully saturated rings. The minimum Gasteiger partial charge on any atom is -0.243 e. The second-order valence-electron chi connectivity index (χ2n) is 5.06. The summed E-state index contributed by atoms with van der Waals surface area (Å²) in [4.78, 5) is 4.22. The third kappa shape index (κ3) is 2.72. The Morgan fingerprint density at radius 3 is 2.43 bits per heavy atom. The van der Waals surface area contributed by atoms with E-state index >= 15 is 0 Å². The van der Waals surface area contributed by atoms with Gasteiger partial charge >= 0.3 is 0 Å². The first-order valence-electron chi connectivity index (χ1n) is 8.80. The van der Waals surface area contributed by atoms with Crippen molar-refractivity contribution in [3.8, 4) is 22.5 Å². The molecule has 0 aliphatic heterocycles. The fourth-order valence-corrected chi connectivity index (χ4v) is 2.28. The van der Waals surface area contributed by atoms with E-state index in [-0.39, 0.29) is 5.82 Å². The number of aryl methyl sites for hydroxylation is 1. The summed E-state index contributed by atoms with van der Waals surface area (Å²) in [5.41, 5.74) is 2.77. The van der Waals surface area contributed by atoms with E-state index in [0.717, 1.165) is 16.7 Å². The fraction of sp³-hybridized carbons (Fsp3) is 0.222. The Bertz CT molecular complexity index is 877. The molecule has 106 valence electrons. The molecule has 0 amide bonds. The molecule has 0 saturated carbocycles. The van der Waals surface area contributed by atoms with Gasteiger partial charge in [-0.15, -0.1) is 0 Å². The molecule has 0 unspecified atom stereocenters. The van der Waals surface area contributed by atoms with Crippen LogP contribution in [0.15, 0.2) is 54.6 Å². The number of hydrogen-bond donors (Lipinski definition) is 0. The second-order valence-corrected chi connectivity index (χ2v) is 5.06. The number of rotatable bonds is 3. The van der Waals surface area contributed by atoms with E-state index < -0.39 is 12.9 Å². The fourth-order valence-electron chi connectivity index (χ4n) is 2.28. The van der Waals surface area contributed by atoms with Crippen LogP contribution in [0.3, 0.4) is 0 Å². The molecule has 2 aromatic carbocycles. The van der Waals surface area contributed by atoms with Gasteiger partial charge in [-0.1, -0.05) is 48.5 Å². The van der Waals surface area contributed by atoms with Gasteiger partial charge in [-0.05, 0) is 37.9 Å². The third-order valence-electron chi connectivity index (χ3n) is 3.26. The Balaban J connectivity index is 2.15. The van der Waals surface area contributed by atoms with Crippen molar-refractivity contribution in [2.45, 2.75) is 26.7 Å². The van der Waals surface area contributed by atoms with Gasteiger partial charge < -0.3 is 0 Å². The molecule has 3 aromatic rings. The molecule has 0 saturated heterocycles. The van der Waals surface area contributed by atoms with E-state index in [1.807, 2.05) is 54.6 Å². The lowest BCUT2D eigenvalue weighted by Gasteiger charge is -2.10. The van der Waals surface area contributed by atoms with Gasteiger partial charge in [-0.2, -0.15) is 5.10 Å². The smallest absolute Gasteiger partial charge is 0.158 e. The Hall–Kier alpha value is -2.42. The lowest BCUT2D eigenvalue weighted by molar-refractivity contribution is 0.534. The predicted octanol–water partition coefficient (Wildman–Crippen LogP) is 4.50. The molecule has 0 radical (unpaired) electrons. The first-order valence-corrected chi connectivity index (χ1v) is 6.80. The van der Waals surface area contributed by atoms with Crippen molar-refractivity contribution in [2.75, 3.05) is 0 Å². The first-order chi connectivity index (χ1) is 11.7. The van der Waals surface area contributed by atoms with Crippen molar-refractivity contribution >= 4 is 0 Å². The zero-order valence-electron chi connectivity index (χ0n) is 16.0. The van der Waals surface area contributed by atoms with Crippen molar-refractivity contribution in [3.05, 3.63) is 60.4 Å². The SMILES string of the molecule is [2H]C([2H])([2H])c1nc(-c2cccc(-c3ccccc3)c2)n(C([2H])(C)C)n1. The van der Waals surface area contributed by atoms with Crippen LogP contribution in [-0.2, 0) is 0 Å². The highest BCUT2D eigenvalue weighted by Crippen LogP contribution is 2.26. The number of aromatic nitrogens is 3. The number of hydrogen-bond acceptors (Lipinski definition) is 2. The van der Waals surface area contributed by atoms with Crippen molar-refractivity contribution in [1.82, 2.24) is 14.8 Å². The molecule has 1 aromatic heterocycles. The van der Waals surface area contributed by atoms with E-state index in [0.29, 0.717) is 5.82 Å². The van der Waals surface area contributed by atoms with E-state index in [1.54, 1.807) is 13.8 Å². The molecule has 0 atom stereocenters. The van der Waals surface area contributed by atoms with Gasteiger partial charge in [0.25, 0.3) is 0 Å². The first kappa shape index (κ1) is 9.50. The van der Waals surface area contributed by atoms with Gasteiger partial charge in [0, 0.05) is 15.7 Å². The molecule has 0 aliphatic carbocycles. The quantitative estimate of drug-likeness (QED) is 0.707. The summed E-state index contributed by atoms with van der Waals surface area (Å²) in [5, 5.41) is 4.09. The average molecular weight is 281 g/mol. The minimum atomic E-state index is -2.41. The molecule has 0 spiro atoms. The maximum atomic E-state index is 8.28. The van der Waals surface area contributed by atoms with Crippen molar-refractivity contribution in [3.63, 3.8) is 0 Å². The van der Waals surface area contributed by atoms with Crippen LogP contribution in [0.5, 0.6) is 0 Å². The van der Waals surface area contributed by atoms with Crippen LogP contribution >= 0.6 is 0 Å². The van der Waals surface area contributed by atoms with Gasteiger partial charge in [0.1, 0.15) is 5.82 Å². The standard InChI is InChI=1S/C18H19N3/c1-13(2)21-18(19-14(3)20-21)17-11-7-10-16(12-17)15-8-5-4-6-9-15/h4-13H,1-3H3/i3D3,13D. The molecule has 3 heteroatoms. The summed E-state index contributed by atoms with van der Waals surface area (Å²) in [6.07, 6.45) is 0. The third-order valence-corrected chi connectivity index (χ3v) is 3.26. The average Bonchev–Trinajstić information content (AvgIpc) is 3.02. The second kappa shape index (κ2) is 5.52. The molecule has 3 nitrogen and oxygen atoms in total. The Labute approximate surface area is 130 Å². The lowest BCUT2D eigenvalue weighted by atomic mass is 10.0. The predicted molar refractivity (Wildman–Crippen MR) is 86.0 cm³/mol. The molecule has 3 rings (SSSR count). The molecule has 0 bridgehead atoms. The summed E-state index contributed by atoms with van der Waals surface area (Å²) in [7, 11) is 0. The topological polar surface area (TPSA) is 30.7 Å². The number of benzene rings is 2. The zero-order valence-corrected chi connectivity index (χ0v) is 12.0. The maximum Gasteiger partial charge on any atom is 0.158 e. The Morgan fingerprint density at radius 2 is 1.71 bits per heavy atom. The molecular formula is C18H19N3. The molecule has 1 heterocycles. The highest BCUT2D eigenvalue weighted by molar-refractivity contribution is 5.70. The van der Waals surface area contributed by atoms with E-state index in [9.17, 15) is 0 Å². The number of nitrogens with zero attached hydrogens (tertiary/aromatic N) is 3. The van der Waals surface area contributed by atoms with Gasteiger partial charge in [0.15, 0.2) is 5.82 Å². The Kier molecular flexibility index (Phi) is 2.50. The molecule has 0 aliphatic rings. The Morgan fingerprint density at radius 1 is 1.00 bits per heavy atom. The molecular weight excluding hydrogens is 258 g/mol. The van der Waals surface area contributed by atoms with Crippen LogP contribution in [0.1, 0.15) is 31.2 Å². The summed E-state index contributed by atoms with van der Waals surface area (Å²) in [6, 6.07) is 16.4. The van der Waals surface area contributed by atoms with Crippen molar-refractivity contribution in [2.24, 2.45) is 0 Å². The van der Waals surface area contributed by atoms with E-state index in [2.05, 4.69) is 10.1 Å². The van der Waals surface area contributed by atoms with Crippen LogP contribution in [-0.4, -0.2) is 14.8 Å². The van der Waals surface area contributed by atoms with E-state index in [4.69, 9.17) is 5.48 Å². The molecule has 21 heavy (non-hydrogen) atoms. The van der Waals surface area contributed by atoms with Crippen molar-refractivity contribution in [1.29, 1.82) is 0 Å². The van der Waals surface area contributed by atoms with Gasteiger partial charge in [0.2, 0.25) is 0 Å². The summed E-state index contributed by atoms with van der Waals surface area (Å²) in [5.74, 6) is 0.136. The van der Waals surface area contributed by atoms with Crippen molar-refractivity contribution < 1.29 is 5.48 Å². The van der Waals surface area contributed by atoms with E-state index in [1.165, 1.54) is 4.68 Å². The van der Waals surface area contributed by atoms with Crippen LogP contribution in [0.4, 0.5) is 0 Å². The normalized spacial score (nSPS) is 15.0. The monoisotopic (exact) mass is 281 g/mol. The van der Waals surface area contributed by atoms with Crippen LogP contribution in [0.2, 0.25) is 0 Å². The zero-order chi connectivity index (χ0) is 18.2. The largest absolute Gasteiger partial charge is 0.243 e. The maximum absolute atomic E-state index is 8.28. The lowest BCUT2D eigenvalue weighted by Crippen LogP contribution is -2.05. The highest BCUT2D eigenvalue weighted by atomic mass is 15.4. The highest BCUT2D eigenvalue weighted by Gasteiger charge is 2.12. The van der Waals surface area contributed by atoms with Gasteiger partial charge in [-0.3, -0.25) is 0 Å². The van der Waals surface area contributed by atoms with Gasteiger partial charge in [-0.25, -0.2) is 9.67 Å². The van der Waals surface area contributed by atoms with Crippen LogP contribution in [0.25, 0.3) is 22.5 Å². The summed E-state index contributed by atoms with van der Waals surface area (Å²) < 4.78 is 32.3. The van der Waals surface area contributed by atoms with Gasteiger partial charge in [0.05, 0.1) is 1.37 Å². The summed E-state index contributed by atoms with van der Waals surface area (Å²) >= 11 is 0. The molecule has 0 N–H and O–H groups in total. The van der Waals surface area contributed by atoms with Crippen LogP contribution in [0, 0.1) is 6.85 Å². The van der Waals surface area contributed by atoms with Crippen LogP contribution < -0.4 is 0 Å².